The molecule has 35 heavy (non-hydrogen) atoms. The lowest BCUT2D eigenvalue weighted by Gasteiger charge is -2.22. The summed E-state index contributed by atoms with van der Waals surface area (Å²) in [5, 5.41) is 14.6. The monoisotopic (exact) mass is 499 g/mol. The molecule has 2 N–H and O–H groups in total. The number of rotatable bonds is 10. The van der Waals surface area contributed by atoms with Crippen LogP contribution in [0.4, 0.5) is 13.2 Å². The Bertz CT molecular complexity index is 1290. The molecule has 0 fully saturated rings. The van der Waals surface area contributed by atoms with Gasteiger partial charge in [0, 0.05) is 22.2 Å². The van der Waals surface area contributed by atoms with E-state index in [2.05, 4.69) is 5.32 Å². The molecular formula is C27H24F3NO3S. The predicted octanol–water partition coefficient (Wildman–Crippen LogP) is 6.75. The molecule has 0 aliphatic heterocycles. The number of carbonyl (C=O) groups is 1. The number of benzene rings is 3. The van der Waals surface area contributed by atoms with Gasteiger partial charge in [-0.15, -0.1) is 11.3 Å². The van der Waals surface area contributed by atoms with Crippen LogP contribution in [0, 0.1) is 5.82 Å². The molecule has 0 bridgehead atoms. The molecule has 2 atom stereocenters. The van der Waals surface area contributed by atoms with Crippen LogP contribution >= 0.6 is 11.3 Å². The molecular weight excluding hydrogens is 475 g/mol. The van der Waals surface area contributed by atoms with E-state index in [1.807, 2.05) is 11.4 Å². The van der Waals surface area contributed by atoms with E-state index in [4.69, 9.17) is 9.84 Å². The molecule has 0 aliphatic rings. The summed E-state index contributed by atoms with van der Waals surface area (Å²) in [7, 11) is 0. The largest absolute Gasteiger partial charge is 0.486 e. The molecule has 4 nitrogen and oxygen atoms in total. The highest BCUT2D eigenvalue weighted by Gasteiger charge is 2.34. The Balaban J connectivity index is 1.51. The first-order valence-corrected chi connectivity index (χ1v) is 12.0. The maximum atomic E-state index is 15.2. The van der Waals surface area contributed by atoms with Crippen molar-refractivity contribution in [1.82, 2.24) is 5.32 Å². The van der Waals surface area contributed by atoms with Gasteiger partial charge in [0.15, 0.2) is 0 Å². The number of thiophene rings is 1. The van der Waals surface area contributed by atoms with Gasteiger partial charge < -0.3 is 15.2 Å². The van der Waals surface area contributed by atoms with Gasteiger partial charge in [0.05, 0.1) is 0 Å². The van der Waals surface area contributed by atoms with Gasteiger partial charge in [-0.2, -0.15) is 8.78 Å². The summed E-state index contributed by atoms with van der Waals surface area (Å²) in [5.74, 6) is -4.17. The number of alkyl halides is 2. The second-order valence-electron chi connectivity index (χ2n) is 8.23. The summed E-state index contributed by atoms with van der Waals surface area (Å²) in [5.41, 5.74) is 0.448. The molecule has 3 aromatic carbocycles. The summed E-state index contributed by atoms with van der Waals surface area (Å²) in [6, 6.07) is 17.2. The molecule has 8 heteroatoms. The zero-order chi connectivity index (χ0) is 25.0. The molecule has 0 amide bonds. The minimum Gasteiger partial charge on any atom is -0.486 e. The lowest BCUT2D eigenvalue weighted by Crippen LogP contribution is -2.35. The number of aliphatic carboxylic acids is 1. The predicted molar refractivity (Wildman–Crippen MR) is 131 cm³/mol. The smallest absolute Gasteiger partial charge is 0.320 e. The minimum absolute atomic E-state index is 0.0834. The molecule has 1 heterocycles. The normalized spacial score (nSPS) is 13.5. The van der Waals surface area contributed by atoms with E-state index < -0.39 is 29.9 Å². The second-order valence-corrected chi connectivity index (χ2v) is 9.18. The van der Waals surface area contributed by atoms with Gasteiger partial charge in [-0.1, -0.05) is 18.2 Å². The quantitative estimate of drug-likeness (QED) is 0.253. The fourth-order valence-corrected chi connectivity index (χ4v) is 4.50. The summed E-state index contributed by atoms with van der Waals surface area (Å²) in [6.07, 6.45) is -0.140. The first-order chi connectivity index (χ1) is 16.7. The van der Waals surface area contributed by atoms with Crippen molar-refractivity contribution in [3.8, 4) is 5.75 Å². The third-order valence-electron chi connectivity index (χ3n) is 5.78. The Morgan fingerprint density at radius 1 is 1.03 bits per heavy atom. The van der Waals surface area contributed by atoms with Gasteiger partial charge in [-0.25, -0.2) is 4.39 Å². The van der Waals surface area contributed by atoms with Gasteiger partial charge >= 0.3 is 5.97 Å². The van der Waals surface area contributed by atoms with Crippen LogP contribution in [0.25, 0.3) is 10.1 Å². The lowest BCUT2D eigenvalue weighted by atomic mass is 9.99. The first-order valence-electron chi connectivity index (χ1n) is 11.1. The second kappa shape index (κ2) is 10.5. The Kier molecular flexibility index (Phi) is 7.42. The average molecular weight is 500 g/mol. The van der Waals surface area contributed by atoms with Gasteiger partial charge in [0.25, 0.3) is 5.92 Å². The van der Waals surface area contributed by atoms with E-state index in [1.165, 1.54) is 66.8 Å². The highest BCUT2D eigenvalue weighted by molar-refractivity contribution is 7.17. The topological polar surface area (TPSA) is 58.6 Å². The van der Waals surface area contributed by atoms with E-state index >= 15 is 8.78 Å². The number of fused-ring (bicyclic) bond motifs is 1. The van der Waals surface area contributed by atoms with Gasteiger partial charge in [0.2, 0.25) is 0 Å². The van der Waals surface area contributed by atoms with Gasteiger partial charge in [-0.05, 0) is 84.4 Å². The number of carboxylic acids is 1. The molecule has 0 spiro atoms. The molecule has 4 rings (SSSR count). The summed E-state index contributed by atoms with van der Waals surface area (Å²) in [6.45, 7) is 1.86. The Morgan fingerprint density at radius 3 is 2.40 bits per heavy atom. The van der Waals surface area contributed by atoms with Crippen LogP contribution in [-0.2, 0) is 10.7 Å². The molecule has 2 unspecified atom stereocenters. The fraction of sp³-hybridized carbons (Fsp3) is 0.222. The Hall–Kier alpha value is -3.36. The highest BCUT2D eigenvalue weighted by atomic mass is 32.1. The summed E-state index contributed by atoms with van der Waals surface area (Å²) >= 11 is 1.50. The van der Waals surface area contributed by atoms with Crippen molar-refractivity contribution < 1.29 is 27.8 Å². The molecule has 0 saturated carbocycles. The first kappa shape index (κ1) is 24.8. The van der Waals surface area contributed by atoms with Crippen LogP contribution in [0.1, 0.15) is 36.1 Å². The van der Waals surface area contributed by atoms with Crippen molar-refractivity contribution in [3.05, 3.63) is 101 Å². The van der Waals surface area contributed by atoms with E-state index in [0.717, 1.165) is 10.1 Å². The van der Waals surface area contributed by atoms with E-state index in [-0.39, 0.29) is 11.1 Å². The van der Waals surface area contributed by atoms with Crippen LogP contribution in [0.3, 0.4) is 0 Å². The molecule has 182 valence electrons. The molecule has 0 radical (unpaired) electrons. The number of halogens is 3. The Morgan fingerprint density at radius 2 is 1.71 bits per heavy atom. The number of hydrogen-bond donors (Lipinski definition) is 2. The fourth-order valence-electron chi connectivity index (χ4n) is 3.73. The van der Waals surface area contributed by atoms with Crippen LogP contribution in [0.15, 0.2) is 78.2 Å². The van der Waals surface area contributed by atoms with Crippen LogP contribution in [-0.4, -0.2) is 23.7 Å². The molecule has 4 aromatic rings. The maximum Gasteiger partial charge on any atom is 0.320 e. The Labute approximate surface area is 205 Å². The molecule has 0 aliphatic carbocycles. The zero-order valence-corrected chi connectivity index (χ0v) is 19.7. The minimum atomic E-state index is -3.18. The van der Waals surface area contributed by atoms with E-state index in [9.17, 15) is 9.18 Å². The summed E-state index contributed by atoms with van der Waals surface area (Å²) < 4.78 is 50.8. The maximum absolute atomic E-state index is 15.2. The van der Waals surface area contributed by atoms with Crippen molar-refractivity contribution in [2.75, 3.05) is 6.54 Å². The number of hydrogen-bond acceptors (Lipinski definition) is 4. The number of nitrogens with one attached hydrogen (secondary N) is 1. The molecule has 1 aromatic heterocycles. The van der Waals surface area contributed by atoms with Crippen molar-refractivity contribution in [2.24, 2.45) is 0 Å². The van der Waals surface area contributed by atoms with E-state index in [1.54, 1.807) is 18.2 Å². The van der Waals surface area contributed by atoms with Crippen molar-refractivity contribution in [1.29, 1.82) is 0 Å². The van der Waals surface area contributed by atoms with Crippen molar-refractivity contribution >= 4 is 27.4 Å². The summed E-state index contributed by atoms with van der Waals surface area (Å²) in [4.78, 5) is 11.0. The van der Waals surface area contributed by atoms with Crippen molar-refractivity contribution in [3.63, 3.8) is 0 Å². The highest BCUT2D eigenvalue weighted by Crippen LogP contribution is 2.38. The standard InChI is InChI=1S/C27H24F3NO3S/c1-17(26(32)33)31-14-12-24(18-2-7-22(28)8-3-18)34-23-9-4-20(5-10-23)27(29,30)21-6-11-25-19(16-21)13-15-35-25/h2-11,13,15-17,24,31H,12,14H2,1H3,(H,32,33). The SMILES string of the molecule is CC(NCCC(Oc1ccc(C(F)(F)c2ccc3sccc3c2)cc1)c1ccc(F)cc1)C(=O)O. The third-order valence-corrected chi connectivity index (χ3v) is 6.68. The van der Waals surface area contributed by atoms with Crippen LogP contribution in [0.2, 0.25) is 0 Å². The van der Waals surface area contributed by atoms with Crippen LogP contribution in [0.5, 0.6) is 5.75 Å². The third kappa shape index (κ3) is 5.83. The number of carboxylic acid groups (broad SMARTS) is 1. The lowest BCUT2D eigenvalue weighted by molar-refractivity contribution is -0.139. The average Bonchev–Trinajstić information content (AvgIpc) is 3.32. The van der Waals surface area contributed by atoms with Gasteiger partial charge in [0.1, 0.15) is 23.7 Å². The van der Waals surface area contributed by atoms with E-state index in [0.29, 0.717) is 24.3 Å². The number of ether oxygens (including phenoxy) is 1. The molecule has 0 saturated heterocycles. The zero-order valence-electron chi connectivity index (χ0n) is 18.9. The van der Waals surface area contributed by atoms with Crippen LogP contribution < -0.4 is 10.1 Å². The van der Waals surface area contributed by atoms with Gasteiger partial charge in [-0.3, -0.25) is 4.79 Å². The van der Waals surface area contributed by atoms with Crippen molar-refractivity contribution in [2.45, 2.75) is 31.4 Å².